The predicted octanol–water partition coefficient (Wildman–Crippen LogP) is 1.35. The van der Waals surface area contributed by atoms with Gasteiger partial charge in [-0.25, -0.2) is 0 Å². The number of alkyl halides is 3. The highest BCUT2D eigenvalue weighted by Gasteiger charge is 2.33. The number of rotatable bonds is 3. The Morgan fingerprint density at radius 3 is 2.65 bits per heavy atom. The molecule has 0 unspecified atom stereocenters. The molecule has 8 heteroatoms. The van der Waals surface area contributed by atoms with Crippen LogP contribution in [0.2, 0.25) is 0 Å². The fourth-order valence-electron chi connectivity index (χ4n) is 1.21. The van der Waals surface area contributed by atoms with Crippen LogP contribution in [0.15, 0.2) is 11.0 Å². The summed E-state index contributed by atoms with van der Waals surface area (Å²) in [6.45, 7) is 0. The highest BCUT2D eigenvalue weighted by molar-refractivity contribution is 5.43. The first kappa shape index (κ1) is 12.9. The van der Waals surface area contributed by atoms with Crippen molar-refractivity contribution < 1.29 is 22.6 Å². The first-order valence-electron chi connectivity index (χ1n) is 4.30. The molecule has 0 fully saturated rings. The molecule has 5 nitrogen and oxygen atoms in total. The lowest BCUT2D eigenvalue weighted by Gasteiger charge is -2.13. The number of aromatic nitrogens is 1. The number of nitrogens with zero attached hydrogens (tertiary/aromatic N) is 1. The molecule has 1 rings (SSSR count). The molecule has 17 heavy (non-hydrogen) atoms. The van der Waals surface area contributed by atoms with Crippen LogP contribution in [-0.4, -0.2) is 18.5 Å². The summed E-state index contributed by atoms with van der Waals surface area (Å²) in [5.74, 6) is -1.02. The molecule has 0 aromatic carbocycles. The van der Waals surface area contributed by atoms with Crippen LogP contribution in [0.4, 0.5) is 13.2 Å². The topological polar surface area (TPSA) is 75.1 Å². The van der Waals surface area contributed by atoms with Gasteiger partial charge in [0.15, 0.2) is 11.5 Å². The summed E-state index contributed by atoms with van der Waals surface area (Å²) in [5.41, 5.74) is -0.969. The normalized spacial score (nSPS) is 10.8. The Morgan fingerprint density at radius 1 is 1.53 bits per heavy atom. The van der Waals surface area contributed by atoms with Gasteiger partial charge in [0.25, 0.3) is 5.56 Å². The summed E-state index contributed by atoms with van der Waals surface area (Å²) in [7, 11) is 1.11. The molecule has 0 saturated carbocycles. The van der Waals surface area contributed by atoms with E-state index in [0.29, 0.717) is 0 Å². The first-order valence-corrected chi connectivity index (χ1v) is 4.30. The summed E-state index contributed by atoms with van der Waals surface area (Å²) in [6, 6.07) is 1.63. The second kappa shape index (κ2) is 4.78. The molecule has 1 aromatic rings. The molecule has 1 heterocycles. The largest absolute Gasteiger partial charge is 0.573 e. The summed E-state index contributed by atoms with van der Waals surface area (Å²) in [5, 5.41) is 8.50. The Morgan fingerprint density at radius 2 is 2.18 bits per heavy atom. The number of H-pyrrole nitrogens is 1. The number of nitrogens with one attached hydrogen (secondary N) is 1. The molecular weight excluding hydrogens is 241 g/mol. The Hall–Kier alpha value is -2.17. The van der Waals surface area contributed by atoms with Gasteiger partial charge >= 0.3 is 6.36 Å². The van der Waals surface area contributed by atoms with Gasteiger partial charge in [0.1, 0.15) is 0 Å². The van der Waals surface area contributed by atoms with Crippen molar-refractivity contribution in [3.05, 3.63) is 22.1 Å². The van der Waals surface area contributed by atoms with Gasteiger partial charge in [-0.2, -0.15) is 5.26 Å². The van der Waals surface area contributed by atoms with Crippen molar-refractivity contribution in [1.29, 1.82) is 5.26 Å². The monoisotopic (exact) mass is 248 g/mol. The zero-order chi connectivity index (χ0) is 13.1. The summed E-state index contributed by atoms with van der Waals surface area (Å²) < 4.78 is 44.5. The van der Waals surface area contributed by atoms with E-state index in [9.17, 15) is 18.0 Å². The van der Waals surface area contributed by atoms with Crippen molar-refractivity contribution in [3.63, 3.8) is 0 Å². The smallest absolute Gasteiger partial charge is 0.491 e. The Bertz CT molecular complexity index is 502. The zero-order valence-corrected chi connectivity index (χ0v) is 8.59. The summed E-state index contributed by atoms with van der Waals surface area (Å²) in [4.78, 5) is 13.3. The van der Waals surface area contributed by atoms with Crippen LogP contribution in [0.5, 0.6) is 11.5 Å². The minimum atomic E-state index is -4.91. The SMILES string of the molecule is COc1c(CC#N)c(OC(F)(F)F)c[nH]c1=O. The average molecular weight is 248 g/mol. The number of hydrogen-bond acceptors (Lipinski definition) is 4. The minimum Gasteiger partial charge on any atom is -0.491 e. The van der Waals surface area contributed by atoms with Gasteiger partial charge in [0, 0.05) is 6.20 Å². The Kier molecular flexibility index (Phi) is 3.62. The molecule has 0 aliphatic carbocycles. The molecule has 92 valence electrons. The maximum absolute atomic E-state index is 12.1. The van der Waals surface area contributed by atoms with E-state index < -0.39 is 24.1 Å². The summed E-state index contributed by atoms with van der Waals surface area (Å²) >= 11 is 0. The fourth-order valence-corrected chi connectivity index (χ4v) is 1.21. The van der Waals surface area contributed by atoms with E-state index in [2.05, 4.69) is 9.47 Å². The molecular formula is C9H7F3N2O3. The second-order valence-corrected chi connectivity index (χ2v) is 2.88. The lowest BCUT2D eigenvalue weighted by molar-refractivity contribution is -0.275. The second-order valence-electron chi connectivity index (χ2n) is 2.88. The molecule has 0 spiro atoms. The first-order chi connectivity index (χ1) is 7.89. The molecule has 0 aliphatic heterocycles. The Balaban J connectivity index is 3.31. The number of methoxy groups -OCH3 is 1. The van der Waals surface area contributed by atoms with Crippen LogP contribution in [0, 0.1) is 11.3 Å². The van der Waals surface area contributed by atoms with E-state index >= 15 is 0 Å². The van der Waals surface area contributed by atoms with Gasteiger partial charge in [-0.05, 0) is 0 Å². The molecule has 0 bridgehead atoms. The maximum Gasteiger partial charge on any atom is 0.573 e. The van der Waals surface area contributed by atoms with E-state index in [0.717, 1.165) is 13.3 Å². The van der Waals surface area contributed by atoms with Crippen molar-refractivity contribution >= 4 is 0 Å². The molecule has 0 amide bonds. The van der Waals surface area contributed by atoms with E-state index in [1.54, 1.807) is 6.07 Å². The van der Waals surface area contributed by atoms with E-state index in [-0.39, 0.29) is 11.3 Å². The number of nitriles is 1. The van der Waals surface area contributed by atoms with Crippen LogP contribution >= 0.6 is 0 Å². The van der Waals surface area contributed by atoms with Crippen molar-refractivity contribution in [2.24, 2.45) is 0 Å². The van der Waals surface area contributed by atoms with Crippen molar-refractivity contribution in [1.82, 2.24) is 4.98 Å². The zero-order valence-electron chi connectivity index (χ0n) is 8.59. The van der Waals surface area contributed by atoms with Crippen LogP contribution in [-0.2, 0) is 6.42 Å². The summed E-state index contributed by atoms with van der Waals surface area (Å²) in [6.07, 6.45) is -4.60. The molecule has 1 aromatic heterocycles. The maximum atomic E-state index is 12.1. The van der Waals surface area contributed by atoms with Crippen molar-refractivity contribution in [3.8, 4) is 17.6 Å². The van der Waals surface area contributed by atoms with Gasteiger partial charge < -0.3 is 14.5 Å². The van der Waals surface area contributed by atoms with Crippen LogP contribution in [0.3, 0.4) is 0 Å². The van der Waals surface area contributed by atoms with Gasteiger partial charge in [-0.15, -0.1) is 13.2 Å². The Labute approximate surface area is 93.4 Å². The molecule has 0 aliphatic rings. The lowest BCUT2D eigenvalue weighted by atomic mass is 10.1. The molecule has 1 N–H and O–H groups in total. The number of hydrogen-bond donors (Lipinski definition) is 1. The lowest BCUT2D eigenvalue weighted by Crippen LogP contribution is -2.20. The van der Waals surface area contributed by atoms with Crippen LogP contribution < -0.4 is 15.0 Å². The minimum absolute atomic E-state index is 0.240. The third-order valence-electron chi connectivity index (χ3n) is 1.80. The number of pyridine rings is 1. The standard InChI is InChI=1S/C9H7F3N2O3/c1-16-7-5(2-3-13)6(4-14-8(7)15)17-9(10,11)12/h4H,2H2,1H3,(H,14,15). The van der Waals surface area contributed by atoms with Gasteiger partial charge in [-0.1, -0.05) is 0 Å². The van der Waals surface area contributed by atoms with E-state index in [1.165, 1.54) is 0 Å². The van der Waals surface area contributed by atoms with Crippen molar-refractivity contribution in [2.75, 3.05) is 7.11 Å². The molecule has 0 saturated heterocycles. The molecule has 0 atom stereocenters. The number of aromatic amines is 1. The fraction of sp³-hybridized carbons (Fsp3) is 0.333. The van der Waals surface area contributed by atoms with E-state index in [1.807, 2.05) is 4.98 Å². The number of ether oxygens (including phenoxy) is 2. The highest BCUT2D eigenvalue weighted by Crippen LogP contribution is 2.29. The highest BCUT2D eigenvalue weighted by atomic mass is 19.4. The van der Waals surface area contributed by atoms with Gasteiger partial charge in [0.2, 0.25) is 0 Å². The van der Waals surface area contributed by atoms with Crippen molar-refractivity contribution in [2.45, 2.75) is 12.8 Å². The van der Waals surface area contributed by atoms with Gasteiger partial charge in [0.05, 0.1) is 25.2 Å². The predicted molar refractivity (Wildman–Crippen MR) is 49.6 cm³/mol. The quantitative estimate of drug-likeness (QED) is 0.875. The van der Waals surface area contributed by atoms with Gasteiger partial charge in [-0.3, -0.25) is 4.79 Å². The van der Waals surface area contributed by atoms with E-state index in [4.69, 9.17) is 5.26 Å². The van der Waals surface area contributed by atoms with Crippen LogP contribution in [0.1, 0.15) is 5.56 Å². The average Bonchev–Trinajstić information content (AvgIpc) is 2.21. The van der Waals surface area contributed by atoms with Crippen LogP contribution in [0.25, 0.3) is 0 Å². The third kappa shape index (κ3) is 3.14. The molecule has 0 radical (unpaired) electrons. The third-order valence-corrected chi connectivity index (χ3v) is 1.80. The number of halogens is 3.